The second-order valence-corrected chi connectivity index (χ2v) is 8.47. The molecule has 0 N–H and O–H groups in total. The third kappa shape index (κ3) is 5.52. The zero-order valence-corrected chi connectivity index (χ0v) is 18.2. The monoisotopic (exact) mass is 404 g/mol. The third-order valence-corrected chi connectivity index (χ3v) is 6.35. The molecule has 3 rings (SSSR count). The van der Waals surface area contributed by atoms with Crippen LogP contribution in [0, 0.1) is 12.8 Å². The van der Waals surface area contributed by atoms with Crippen LogP contribution in [0.1, 0.15) is 69.7 Å². The maximum Gasteiger partial charge on any atom is 0.409 e. The zero-order chi connectivity index (χ0) is 20.8. The highest BCUT2D eigenvalue weighted by atomic mass is 16.6. The van der Waals surface area contributed by atoms with Crippen molar-refractivity contribution in [2.24, 2.45) is 13.0 Å². The van der Waals surface area contributed by atoms with Crippen LogP contribution in [-0.4, -0.2) is 57.3 Å². The standard InChI is InChI=1S/C22H36N4O3/c1-4-29-22(28)25-13-11-19(12-14-25)26(16-20-15-17(2)23-24(20)3)21(27)18-9-7-5-6-8-10-18/h15,18-19H,4-14,16H2,1-3H3. The van der Waals surface area contributed by atoms with Crippen LogP contribution >= 0.6 is 0 Å². The molecule has 1 aromatic heterocycles. The molecule has 0 spiro atoms. The lowest BCUT2D eigenvalue weighted by Crippen LogP contribution is -2.50. The van der Waals surface area contributed by atoms with Crippen LogP contribution in [0.15, 0.2) is 6.07 Å². The Morgan fingerprint density at radius 1 is 1.14 bits per heavy atom. The van der Waals surface area contributed by atoms with Crippen molar-refractivity contribution in [3.05, 3.63) is 17.5 Å². The van der Waals surface area contributed by atoms with Crippen molar-refractivity contribution in [3.8, 4) is 0 Å². The van der Waals surface area contributed by atoms with E-state index in [1.54, 1.807) is 4.90 Å². The number of aryl methyl sites for hydroxylation is 2. The first kappa shape index (κ1) is 21.7. The molecule has 0 bridgehead atoms. The number of hydrogen-bond donors (Lipinski definition) is 0. The van der Waals surface area contributed by atoms with Gasteiger partial charge >= 0.3 is 6.09 Å². The van der Waals surface area contributed by atoms with Gasteiger partial charge in [0.05, 0.1) is 24.5 Å². The largest absolute Gasteiger partial charge is 0.450 e. The molecule has 2 heterocycles. The van der Waals surface area contributed by atoms with Crippen molar-refractivity contribution in [1.29, 1.82) is 0 Å². The van der Waals surface area contributed by atoms with Gasteiger partial charge in [-0.25, -0.2) is 4.79 Å². The molecule has 1 aromatic rings. The van der Waals surface area contributed by atoms with E-state index >= 15 is 0 Å². The van der Waals surface area contributed by atoms with Gasteiger partial charge in [0.25, 0.3) is 0 Å². The summed E-state index contributed by atoms with van der Waals surface area (Å²) in [5.74, 6) is 0.426. The molecule has 7 heteroatoms. The average molecular weight is 405 g/mol. The topological polar surface area (TPSA) is 67.7 Å². The summed E-state index contributed by atoms with van der Waals surface area (Å²) in [6.07, 6.45) is 8.14. The summed E-state index contributed by atoms with van der Waals surface area (Å²) in [4.78, 5) is 29.5. The van der Waals surface area contributed by atoms with Gasteiger partial charge in [-0.2, -0.15) is 5.10 Å². The lowest BCUT2D eigenvalue weighted by molar-refractivity contribution is -0.140. The van der Waals surface area contributed by atoms with E-state index in [9.17, 15) is 9.59 Å². The maximum atomic E-state index is 13.6. The molecule has 29 heavy (non-hydrogen) atoms. The quantitative estimate of drug-likeness (QED) is 0.703. The summed E-state index contributed by atoms with van der Waals surface area (Å²) in [6.45, 7) is 6.08. The molecule has 0 radical (unpaired) electrons. The Morgan fingerprint density at radius 3 is 2.34 bits per heavy atom. The Hall–Kier alpha value is -2.05. The SMILES string of the molecule is CCOC(=O)N1CCC(N(Cc2cc(C)nn2C)C(=O)C2CCCCCC2)CC1. The summed E-state index contributed by atoms with van der Waals surface area (Å²) in [7, 11) is 1.94. The molecular weight excluding hydrogens is 368 g/mol. The number of rotatable bonds is 5. The average Bonchev–Trinajstić information content (AvgIpc) is 2.90. The fraction of sp³-hybridized carbons (Fsp3) is 0.773. The van der Waals surface area contributed by atoms with Crippen molar-refractivity contribution in [2.75, 3.05) is 19.7 Å². The Kier molecular flexibility index (Phi) is 7.56. The first-order valence-corrected chi connectivity index (χ1v) is 11.2. The third-order valence-electron chi connectivity index (χ3n) is 6.35. The number of amides is 2. The number of hydrogen-bond acceptors (Lipinski definition) is 4. The molecule has 7 nitrogen and oxygen atoms in total. The van der Waals surface area contributed by atoms with Crippen LogP contribution in [0.3, 0.4) is 0 Å². The lowest BCUT2D eigenvalue weighted by Gasteiger charge is -2.39. The van der Waals surface area contributed by atoms with E-state index < -0.39 is 0 Å². The van der Waals surface area contributed by atoms with Gasteiger partial charge in [-0.3, -0.25) is 9.48 Å². The summed E-state index contributed by atoms with van der Waals surface area (Å²) in [5.41, 5.74) is 2.04. The van der Waals surface area contributed by atoms with Crippen LogP contribution in [0.2, 0.25) is 0 Å². The summed E-state index contributed by atoms with van der Waals surface area (Å²) in [6, 6.07) is 2.23. The summed E-state index contributed by atoms with van der Waals surface area (Å²) >= 11 is 0. The number of carbonyl (C=O) groups is 2. The normalized spacial score (nSPS) is 19.1. The number of ether oxygens (including phenoxy) is 1. The first-order valence-electron chi connectivity index (χ1n) is 11.2. The van der Waals surface area contributed by atoms with Crippen LogP contribution in [0.25, 0.3) is 0 Å². The predicted molar refractivity (Wildman–Crippen MR) is 111 cm³/mol. The summed E-state index contributed by atoms with van der Waals surface area (Å²) in [5, 5.41) is 4.46. The number of nitrogens with zero attached hydrogens (tertiary/aromatic N) is 4. The van der Waals surface area contributed by atoms with Crippen molar-refractivity contribution < 1.29 is 14.3 Å². The highest BCUT2D eigenvalue weighted by Crippen LogP contribution is 2.28. The van der Waals surface area contributed by atoms with Crippen LogP contribution in [0.4, 0.5) is 4.79 Å². The van der Waals surface area contributed by atoms with E-state index in [4.69, 9.17) is 4.74 Å². The van der Waals surface area contributed by atoms with Crippen molar-refractivity contribution >= 4 is 12.0 Å². The van der Waals surface area contributed by atoms with Gasteiger partial charge in [-0.15, -0.1) is 0 Å². The smallest absolute Gasteiger partial charge is 0.409 e. The minimum Gasteiger partial charge on any atom is -0.450 e. The van der Waals surface area contributed by atoms with Crippen LogP contribution < -0.4 is 0 Å². The van der Waals surface area contributed by atoms with Crippen molar-refractivity contribution in [1.82, 2.24) is 19.6 Å². The molecule has 2 aliphatic rings. The Bertz CT molecular complexity index is 686. The molecule has 1 saturated heterocycles. The van der Waals surface area contributed by atoms with Gasteiger partial charge in [-0.05, 0) is 45.6 Å². The molecule has 2 amide bonds. The Balaban J connectivity index is 1.73. The lowest BCUT2D eigenvalue weighted by atomic mass is 9.95. The van der Waals surface area contributed by atoms with Gasteiger partial charge < -0.3 is 14.5 Å². The highest BCUT2D eigenvalue weighted by Gasteiger charge is 2.34. The number of likely N-dealkylation sites (tertiary alicyclic amines) is 1. The van der Waals surface area contributed by atoms with Crippen LogP contribution in [-0.2, 0) is 23.1 Å². The van der Waals surface area contributed by atoms with E-state index in [0.29, 0.717) is 32.1 Å². The molecular formula is C22H36N4O3. The minimum absolute atomic E-state index is 0.134. The van der Waals surface area contributed by atoms with E-state index in [-0.39, 0.29) is 18.1 Å². The minimum atomic E-state index is -0.241. The highest BCUT2D eigenvalue weighted by molar-refractivity contribution is 5.79. The molecule has 1 aliphatic heterocycles. The number of carbonyl (C=O) groups excluding carboxylic acids is 2. The van der Waals surface area contributed by atoms with Gasteiger partial charge in [0.2, 0.25) is 5.91 Å². The fourth-order valence-electron chi connectivity index (χ4n) is 4.71. The fourth-order valence-corrected chi connectivity index (χ4v) is 4.71. The van der Waals surface area contributed by atoms with E-state index in [1.165, 1.54) is 12.8 Å². The second-order valence-electron chi connectivity index (χ2n) is 8.47. The molecule has 0 aromatic carbocycles. The van der Waals surface area contributed by atoms with Gasteiger partial charge in [0.15, 0.2) is 0 Å². The molecule has 0 unspecified atom stereocenters. The molecule has 1 saturated carbocycles. The van der Waals surface area contributed by atoms with Crippen molar-refractivity contribution in [3.63, 3.8) is 0 Å². The number of piperidine rings is 1. The van der Waals surface area contributed by atoms with Crippen LogP contribution in [0.5, 0.6) is 0 Å². The van der Waals surface area contributed by atoms with Crippen molar-refractivity contribution in [2.45, 2.75) is 77.8 Å². The Morgan fingerprint density at radius 2 is 1.79 bits per heavy atom. The molecule has 162 valence electrons. The molecule has 2 fully saturated rings. The Labute approximate surface area is 174 Å². The van der Waals surface area contributed by atoms with Gasteiger partial charge in [0, 0.05) is 32.1 Å². The molecule has 0 atom stereocenters. The number of aromatic nitrogens is 2. The van der Waals surface area contributed by atoms with Gasteiger partial charge in [0.1, 0.15) is 0 Å². The first-order chi connectivity index (χ1) is 14.0. The van der Waals surface area contributed by atoms with E-state index in [1.807, 2.05) is 25.6 Å². The van der Waals surface area contributed by atoms with E-state index in [0.717, 1.165) is 49.9 Å². The molecule has 1 aliphatic carbocycles. The zero-order valence-electron chi connectivity index (χ0n) is 18.2. The summed E-state index contributed by atoms with van der Waals surface area (Å²) < 4.78 is 7.03. The van der Waals surface area contributed by atoms with E-state index in [2.05, 4.69) is 16.1 Å². The maximum absolute atomic E-state index is 13.6. The predicted octanol–water partition coefficient (Wildman–Crippen LogP) is 3.65. The van der Waals surface area contributed by atoms with Gasteiger partial charge in [-0.1, -0.05) is 25.7 Å². The second kappa shape index (κ2) is 10.1.